The van der Waals surface area contributed by atoms with Crippen LogP contribution in [0.1, 0.15) is 33.6 Å². The van der Waals surface area contributed by atoms with E-state index in [1.165, 1.54) is 5.57 Å². The molecular formula is C11H19Cl. The second-order valence-corrected chi connectivity index (χ2v) is 2.95. The number of halogens is 1. The molecule has 0 bridgehead atoms. The smallest absolute Gasteiger partial charge is 0.0289 e. The van der Waals surface area contributed by atoms with Gasteiger partial charge in [0.1, 0.15) is 0 Å². The number of rotatable bonds is 2. The van der Waals surface area contributed by atoms with E-state index in [0.717, 1.165) is 18.7 Å². The summed E-state index contributed by atoms with van der Waals surface area (Å²) in [6.45, 7) is 6.18. The minimum atomic E-state index is 0.581. The van der Waals surface area contributed by atoms with Crippen LogP contribution in [0.15, 0.2) is 23.8 Å². The Morgan fingerprint density at radius 3 is 2.50 bits per heavy atom. The summed E-state index contributed by atoms with van der Waals surface area (Å²) in [5.41, 5.74) is 1.45. The highest BCUT2D eigenvalue weighted by molar-refractivity contribution is 6.18. The maximum absolute atomic E-state index is 5.69. The van der Waals surface area contributed by atoms with Gasteiger partial charge in [-0.05, 0) is 18.8 Å². The molecule has 0 saturated carbocycles. The molecule has 12 heavy (non-hydrogen) atoms. The first kappa shape index (κ1) is 11.8. The van der Waals surface area contributed by atoms with Crippen LogP contribution in [-0.2, 0) is 0 Å². The number of hydrogen-bond acceptors (Lipinski definition) is 0. The van der Waals surface area contributed by atoms with Gasteiger partial charge in [0.15, 0.2) is 0 Å². The second kappa shape index (κ2) is 7.42. The Hall–Kier alpha value is -0.230. The molecule has 0 spiro atoms. The Kier molecular flexibility index (Phi) is 7.28. The quantitative estimate of drug-likeness (QED) is 0.568. The zero-order valence-corrected chi connectivity index (χ0v) is 9.06. The van der Waals surface area contributed by atoms with Gasteiger partial charge in [-0.2, -0.15) is 0 Å². The molecule has 0 N–H and O–H groups in total. The van der Waals surface area contributed by atoms with Crippen LogP contribution in [0.2, 0.25) is 0 Å². The van der Waals surface area contributed by atoms with E-state index in [9.17, 15) is 0 Å². The highest BCUT2D eigenvalue weighted by Gasteiger charge is 2.04. The summed E-state index contributed by atoms with van der Waals surface area (Å²) in [5, 5.41) is 0. The first-order valence-corrected chi connectivity index (χ1v) is 5.33. The summed E-state index contributed by atoms with van der Waals surface area (Å²) < 4.78 is 0. The Morgan fingerprint density at radius 2 is 2.17 bits per heavy atom. The van der Waals surface area contributed by atoms with Crippen molar-refractivity contribution in [3.63, 3.8) is 0 Å². The Morgan fingerprint density at radius 1 is 1.50 bits per heavy atom. The molecule has 1 aliphatic carbocycles. The molecule has 0 saturated heterocycles. The van der Waals surface area contributed by atoms with Gasteiger partial charge in [0.2, 0.25) is 0 Å². The Balaban J connectivity index is 0.000000561. The summed E-state index contributed by atoms with van der Waals surface area (Å²) in [4.78, 5) is 0. The van der Waals surface area contributed by atoms with Crippen molar-refractivity contribution in [3.05, 3.63) is 23.8 Å². The third kappa shape index (κ3) is 3.96. The van der Waals surface area contributed by atoms with E-state index in [4.69, 9.17) is 11.6 Å². The maximum Gasteiger partial charge on any atom is 0.0289 e. The maximum atomic E-state index is 5.69. The summed E-state index contributed by atoms with van der Waals surface area (Å²) >= 11 is 5.69. The van der Waals surface area contributed by atoms with Gasteiger partial charge >= 0.3 is 0 Å². The minimum absolute atomic E-state index is 0.581. The third-order valence-electron chi connectivity index (χ3n) is 1.87. The molecule has 0 aromatic heterocycles. The van der Waals surface area contributed by atoms with E-state index in [1.54, 1.807) is 0 Å². The average Bonchev–Trinajstić information content (AvgIpc) is 2.21. The van der Waals surface area contributed by atoms with E-state index in [2.05, 4.69) is 25.2 Å². The predicted octanol–water partition coefficient (Wildman–Crippen LogP) is 4.16. The van der Waals surface area contributed by atoms with Crippen molar-refractivity contribution in [1.29, 1.82) is 0 Å². The molecule has 0 heterocycles. The van der Waals surface area contributed by atoms with Crippen molar-refractivity contribution >= 4 is 11.6 Å². The van der Waals surface area contributed by atoms with Crippen molar-refractivity contribution in [2.24, 2.45) is 5.92 Å². The van der Waals surface area contributed by atoms with Gasteiger partial charge in [0, 0.05) is 5.88 Å². The second-order valence-electron chi connectivity index (χ2n) is 2.64. The molecule has 70 valence electrons. The first-order chi connectivity index (χ1) is 5.86. The highest BCUT2D eigenvalue weighted by atomic mass is 35.5. The standard InChI is InChI=1S/C9H13Cl.C2H6/c1-2-8-3-5-9(7-10)6-4-8;1-2/h3-5,9H,2,6-7H2,1H3;1-2H3. The molecule has 1 heteroatoms. The van der Waals surface area contributed by atoms with Gasteiger partial charge in [-0.1, -0.05) is 44.6 Å². The van der Waals surface area contributed by atoms with E-state index < -0.39 is 0 Å². The summed E-state index contributed by atoms with van der Waals surface area (Å²) in [5.74, 6) is 1.33. The summed E-state index contributed by atoms with van der Waals surface area (Å²) in [7, 11) is 0. The van der Waals surface area contributed by atoms with Crippen LogP contribution in [0.3, 0.4) is 0 Å². The molecule has 0 amide bonds. The highest BCUT2D eigenvalue weighted by Crippen LogP contribution is 2.18. The average molecular weight is 187 g/mol. The lowest BCUT2D eigenvalue weighted by molar-refractivity contribution is 0.734. The van der Waals surface area contributed by atoms with Crippen molar-refractivity contribution in [1.82, 2.24) is 0 Å². The van der Waals surface area contributed by atoms with Gasteiger partial charge in [-0.25, -0.2) is 0 Å². The van der Waals surface area contributed by atoms with E-state index in [1.807, 2.05) is 13.8 Å². The molecular weight excluding hydrogens is 168 g/mol. The summed E-state index contributed by atoms with van der Waals surface area (Å²) in [6.07, 6.45) is 8.96. The molecule has 0 aliphatic heterocycles. The molecule has 0 aromatic rings. The van der Waals surface area contributed by atoms with Crippen LogP contribution in [-0.4, -0.2) is 5.88 Å². The largest absolute Gasteiger partial charge is 0.126 e. The van der Waals surface area contributed by atoms with Gasteiger partial charge in [-0.15, -0.1) is 11.6 Å². The van der Waals surface area contributed by atoms with E-state index in [-0.39, 0.29) is 0 Å². The zero-order valence-electron chi connectivity index (χ0n) is 8.31. The molecule has 0 aromatic carbocycles. The third-order valence-corrected chi connectivity index (χ3v) is 2.27. The molecule has 1 rings (SSSR count). The van der Waals surface area contributed by atoms with Gasteiger partial charge < -0.3 is 0 Å². The fraction of sp³-hybridized carbons (Fsp3) is 0.636. The Bertz CT molecular complexity index is 156. The van der Waals surface area contributed by atoms with Gasteiger partial charge in [0.05, 0.1) is 0 Å². The summed E-state index contributed by atoms with van der Waals surface area (Å²) in [6, 6.07) is 0. The topological polar surface area (TPSA) is 0 Å². The fourth-order valence-electron chi connectivity index (χ4n) is 1.09. The fourth-order valence-corrected chi connectivity index (χ4v) is 1.31. The zero-order chi connectivity index (χ0) is 9.40. The van der Waals surface area contributed by atoms with Crippen LogP contribution < -0.4 is 0 Å². The van der Waals surface area contributed by atoms with Crippen molar-refractivity contribution < 1.29 is 0 Å². The van der Waals surface area contributed by atoms with Crippen LogP contribution in [0, 0.1) is 5.92 Å². The normalized spacial score (nSPS) is 21.0. The molecule has 0 fully saturated rings. The lowest BCUT2D eigenvalue weighted by Crippen LogP contribution is -2.00. The van der Waals surface area contributed by atoms with Crippen molar-refractivity contribution in [3.8, 4) is 0 Å². The van der Waals surface area contributed by atoms with Gasteiger partial charge in [0.25, 0.3) is 0 Å². The predicted molar refractivity (Wildman–Crippen MR) is 57.7 cm³/mol. The monoisotopic (exact) mass is 186 g/mol. The first-order valence-electron chi connectivity index (χ1n) is 4.80. The van der Waals surface area contributed by atoms with E-state index >= 15 is 0 Å². The van der Waals surface area contributed by atoms with E-state index in [0.29, 0.717) is 5.92 Å². The van der Waals surface area contributed by atoms with Crippen LogP contribution in [0.25, 0.3) is 0 Å². The number of hydrogen-bond donors (Lipinski definition) is 0. The lowest BCUT2D eigenvalue weighted by atomic mass is 9.97. The minimum Gasteiger partial charge on any atom is -0.126 e. The Labute approximate surface area is 81.3 Å². The lowest BCUT2D eigenvalue weighted by Gasteiger charge is -2.11. The molecule has 1 aliphatic rings. The molecule has 0 radical (unpaired) electrons. The number of allylic oxidation sites excluding steroid dienone is 4. The number of alkyl halides is 1. The molecule has 1 unspecified atom stereocenters. The SMILES string of the molecule is CC.CCC1=CCC(CCl)C=C1. The molecule has 0 nitrogen and oxygen atoms in total. The van der Waals surface area contributed by atoms with Crippen LogP contribution in [0.5, 0.6) is 0 Å². The van der Waals surface area contributed by atoms with Crippen LogP contribution in [0.4, 0.5) is 0 Å². The van der Waals surface area contributed by atoms with Gasteiger partial charge in [-0.3, -0.25) is 0 Å². The van der Waals surface area contributed by atoms with Crippen molar-refractivity contribution in [2.45, 2.75) is 33.6 Å². The van der Waals surface area contributed by atoms with Crippen molar-refractivity contribution in [2.75, 3.05) is 5.88 Å². The van der Waals surface area contributed by atoms with Crippen LogP contribution >= 0.6 is 11.6 Å². The molecule has 1 atom stereocenters.